The van der Waals surface area contributed by atoms with Crippen molar-refractivity contribution in [2.75, 3.05) is 5.32 Å². The van der Waals surface area contributed by atoms with Crippen LogP contribution in [0.15, 0.2) is 24.5 Å². The van der Waals surface area contributed by atoms with Gasteiger partial charge in [-0.3, -0.25) is 9.59 Å². The molecule has 4 rings (SSSR count). The van der Waals surface area contributed by atoms with Gasteiger partial charge >= 0.3 is 0 Å². The minimum atomic E-state index is -0.538. The molecule has 0 aromatic carbocycles. The fraction of sp³-hybridized carbons (Fsp3) is 0.381. The van der Waals surface area contributed by atoms with Crippen molar-refractivity contribution in [3.8, 4) is 0 Å². The highest BCUT2D eigenvalue weighted by molar-refractivity contribution is 7.17. The maximum atomic E-state index is 13.4. The van der Waals surface area contributed by atoms with E-state index in [-0.39, 0.29) is 11.1 Å². The highest BCUT2D eigenvalue weighted by atomic mass is 32.1. The van der Waals surface area contributed by atoms with E-state index in [4.69, 9.17) is 5.73 Å². The number of amides is 2. The second kappa shape index (κ2) is 6.95. The number of rotatable bonds is 3. The summed E-state index contributed by atoms with van der Waals surface area (Å²) < 4.78 is 14.8. The van der Waals surface area contributed by atoms with Gasteiger partial charge < -0.3 is 15.5 Å². The number of aromatic nitrogens is 2. The Labute approximate surface area is 171 Å². The van der Waals surface area contributed by atoms with Crippen molar-refractivity contribution in [3.63, 3.8) is 0 Å². The highest BCUT2D eigenvalue weighted by Crippen LogP contribution is 2.44. The topological polar surface area (TPSA) is 89.5 Å². The largest absolute Gasteiger partial charge is 0.365 e. The van der Waals surface area contributed by atoms with Crippen LogP contribution in [0.1, 0.15) is 58.5 Å². The molecule has 0 saturated carbocycles. The Morgan fingerprint density at radius 1 is 1.31 bits per heavy atom. The second-order valence-corrected chi connectivity index (χ2v) is 9.68. The lowest BCUT2D eigenvalue weighted by Crippen LogP contribution is -2.27. The van der Waals surface area contributed by atoms with Crippen LogP contribution in [-0.2, 0) is 12.8 Å². The fourth-order valence-electron chi connectivity index (χ4n) is 3.92. The summed E-state index contributed by atoms with van der Waals surface area (Å²) in [5.41, 5.74) is 7.79. The number of pyridine rings is 1. The number of hydrogen-bond acceptors (Lipinski definition) is 4. The minimum Gasteiger partial charge on any atom is -0.365 e. The fourth-order valence-corrected chi connectivity index (χ4v) is 5.24. The molecular weight excluding hydrogens is 391 g/mol. The van der Waals surface area contributed by atoms with Gasteiger partial charge in [0.2, 0.25) is 0 Å². The summed E-state index contributed by atoms with van der Waals surface area (Å²) in [5.74, 6) is -0.907. The lowest BCUT2D eigenvalue weighted by molar-refractivity contribution is 0.1000. The zero-order chi connectivity index (χ0) is 20.9. The van der Waals surface area contributed by atoms with Gasteiger partial charge in [0.15, 0.2) is 0 Å². The Hall–Kier alpha value is -2.74. The van der Waals surface area contributed by atoms with Gasteiger partial charge in [-0.15, -0.1) is 11.3 Å². The summed E-state index contributed by atoms with van der Waals surface area (Å²) in [6.07, 6.45) is 5.34. The van der Waals surface area contributed by atoms with Crippen molar-refractivity contribution in [1.29, 1.82) is 0 Å². The Morgan fingerprint density at radius 3 is 2.76 bits per heavy atom. The number of nitrogens with zero attached hydrogens (tertiary/aromatic N) is 2. The lowest BCUT2D eigenvalue weighted by Gasteiger charge is -2.33. The first-order valence-electron chi connectivity index (χ1n) is 9.53. The van der Waals surface area contributed by atoms with Crippen molar-refractivity contribution in [2.24, 2.45) is 17.1 Å². The Morgan fingerprint density at radius 2 is 2.07 bits per heavy atom. The smallest absolute Gasteiger partial charge is 0.276 e. The Balaban J connectivity index is 1.65. The van der Waals surface area contributed by atoms with Gasteiger partial charge in [0, 0.05) is 17.3 Å². The van der Waals surface area contributed by atoms with Crippen LogP contribution < -0.4 is 11.1 Å². The third-order valence-corrected chi connectivity index (χ3v) is 6.78. The molecule has 0 fully saturated rings. The van der Waals surface area contributed by atoms with Crippen molar-refractivity contribution < 1.29 is 14.0 Å². The molecule has 6 nitrogen and oxygen atoms in total. The van der Waals surface area contributed by atoms with Gasteiger partial charge in [-0.05, 0) is 48.3 Å². The number of primary amides is 1. The van der Waals surface area contributed by atoms with Crippen LogP contribution in [0.4, 0.5) is 9.39 Å². The summed E-state index contributed by atoms with van der Waals surface area (Å²) in [4.78, 5) is 30.2. The molecule has 3 aromatic rings. The monoisotopic (exact) mass is 414 g/mol. The van der Waals surface area contributed by atoms with Crippen molar-refractivity contribution in [1.82, 2.24) is 9.38 Å². The molecule has 3 aromatic heterocycles. The van der Waals surface area contributed by atoms with Gasteiger partial charge in [-0.25, -0.2) is 9.37 Å². The van der Waals surface area contributed by atoms with E-state index in [1.54, 1.807) is 0 Å². The van der Waals surface area contributed by atoms with E-state index in [0.717, 1.165) is 29.7 Å². The average Bonchev–Trinajstić information content (AvgIpc) is 3.20. The van der Waals surface area contributed by atoms with Crippen molar-refractivity contribution in [3.05, 3.63) is 52.0 Å². The molecule has 8 heteroatoms. The van der Waals surface area contributed by atoms with E-state index in [0.29, 0.717) is 22.1 Å². The summed E-state index contributed by atoms with van der Waals surface area (Å²) in [6.45, 7) is 6.67. The van der Waals surface area contributed by atoms with Crippen LogP contribution in [-0.4, -0.2) is 21.2 Å². The summed E-state index contributed by atoms with van der Waals surface area (Å²) in [5, 5.41) is 3.27. The van der Waals surface area contributed by atoms with Gasteiger partial charge in [0.25, 0.3) is 11.8 Å². The molecule has 0 spiro atoms. The lowest BCUT2D eigenvalue weighted by atomic mass is 9.72. The first-order valence-corrected chi connectivity index (χ1v) is 10.3. The van der Waals surface area contributed by atoms with Gasteiger partial charge in [0.05, 0.1) is 5.56 Å². The number of carbonyl (C=O) groups is 2. The number of thiophene rings is 1. The van der Waals surface area contributed by atoms with E-state index < -0.39 is 17.6 Å². The number of halogens is 1. The highest BCUT2D eigenvalue weighted by Gasteiger charge is 2.33. The van der Waals surface area contributed by atoms with Crippen LogP contribution in [0, 0.1) is 17.2 Å². The molecule has 2 amide bonds. The maximum absolute atomic E-state index is 13.4. The zero-order valence-corrected chi connectivity index (χ0v) is 17.4. The maximum Gasteiger partial charge on any atom is 0.276 e. The average molecular weight is 415 g/mol. The van der Waals surface area contributed by atoms with Crippen molar-refractivity contribution >= 4 is 33.8 Å². The number of anilines is 1. The number of fused-ring (bicyclic) bond motifs is 2. The van der Waals surface area contributed by atoms with Crippen LogP contribution >= 0.6 is 11.3 Å². The number of imidazole rings is 1. The molecule has 29 heavy (non-hydrogen) atoms. The molecule has 152 valence electrons. The van der Waals surface area contributed by atoms with E-state index in [1.807, 2.05) is 0 Å². The molecule has 0 bridgehead atoms. The number of nitrogens with two attached hydrogens (primary N) is 1. The van der Waals surface area contributed by atoms with Gasteiger partial charge in [0.1, 0.15) is 22.2 Å². The first-order chi connectivity index (χ1) is 13.6. The summed E-state index contributed by atoms with van der Waals surface area (Å²) in [7, 11) is 0. The predicted molar refractivity (Wildman–Crippen MR) is 111 cm³/mol. The summed E-state index contributed by atoms with van der Waals surface area (Å²) >= 11 is 1.42. The molecule has 1 unspecified atom stereocenters. The zero-order valence-electron chi connectivity index (χ0n) is 16.6. The molecule has 0 radical (unpaired) electrons. The second-order valence-electron chi connectivity index (χ2n) is 8.57. The van der Waals surface area contributed by atoms with Gasteiger partial charge in [-0.2, -0.15) is 0 Å². The predicted octanol–water partition coefficient (Wildman–Crippen LogP) is 4.04. The molecule has 1 atom stereocenters. The molecule has 3 heterocycles. The SMILES string of the molecule is CC(C)(C)C1CCc2c(sc(NC(=O)c3cn4cc(F)ccc4n3)c2C(N)=O)C1. The third kappa shape index (κ3) is 3.64. The molecule has 3 N–H and O–H groups in total. The minimum absolute atomic E-state index is 0.143. The molecule has 0 aliphatic heterocycles. The normalized spacial score (nSPS) is 16.6. The molecular formula is C21H23FN4O2S. The third-order valence-electron chi connectivity index (χ3n) is 5.61. The number of carbonyl (C=O) groups excluding carboxylic acids is 2. The summed E-state index contributed by atoms with van der Waals surface area (Å²) in [6, 6.07) is 2.78. The quantitative estimate of drug-likeness (QED) is 0.678. The molecule has 1 aliphatic carbocycles. The van der Waals surface area contributed by atoms with Crippen LogP contribution in [0.25, 0.3) is 5.65 Å². The van der Waals surface area contributed by atoms with Crippen molar-refractivity contribution in [2.45, 2.75) is 40.0 Å². The van der Waals surface area contributed by atoms with E-state index in [9.17, 15) is 14.0 Å². The van der Waals surface area contributed by atoms with E-state index >= 15 is 0 Å². The van der Waals surface area contributed by atoms with Crippen LogP contribution in [0.2, 0.25) is 0 Å². The molecule has 0 saturated heterocycles. The first kappa shape index (κ1) is 19.6. The van der Waals surface area contributed by atoms with Crippen LogP contribution in [0.5, 0.6) is 0 Å². The Kier molecular flexibility index (Phi) is 4.69. The standard InChI is InChI=1S/C21H23FN4O2S/c1-21(2,3)11-4-6-13-15(8-11)29-20(17(13)18(23)27)25-19(28)14-10-26-9-12(22)5-7-16(26)24-14/h5,7,9-11H,4,6,8H2,1-3H3,(H2,23,27)(H,25,28). The number of nitrogens with one attached hydrogen (secondary N) is 1. The van der Waals surface area contributed by atoms with E-state index in [1.165, 1.54) is 40.3 Å². The number of hydrogen-bond donors (Lipinski definition) is 2. The van der Waals surface area contributed by atoms with Gasteiger partial charge in [-0.1, -0.05) is 20.8 Å². The van der Waals surface area contributed by atoms with Crippen LogP contribution in [0.3, 0.4) is 0 Å². The molecule has 1 aliphatic rings. The Bertz CT molecular complexity index is 1130. The van der Waals surface area contributed by atoms with E-state index in [2.05, 4.69) is 31.1 Å².